The minimum Gasteiger partial charge on any atom is -0.462 e. The molecule has 132 valence electrons. The monoisotopic (exact) mass is 371 g/mol. The second kappa shape index (κ2) is 7.68. The first kappa shape index (κ1) is 19.0. The van der Waals surface area contributed by atoms with E-state index in [-0.39, 0.29) is 21.4 Å². The Hall–Kier alpha value is -1.37. The molecule has 2 rings (SSSR count). The molecule has 0 spiro atoms. The Balaban J connectivity index is 2.16. The van der Waals surface area contributed by atoms with Crippen molar-refractivity contribution in [2.75, 3.05) is 20.7 Å². The van der Waals surface area contributed by atoms with Crippen LogP contribution in [0.4, 0.5) is 0 Å². The van der Waals surface area contributed by atoms with Gasteiger partial charge in [0.15, 0.2) is 0 Å². The average Bonchev–Trinajstić information content (AvgIpc) is 2.54. The van der Waals surface area contributed by atoms with E-state index in [0.717, 1.165) is 17.1 Å². The molecule has 0 fully saturated rings. The highest BCUT2D eigenvalue weighted by Crippen LogP contribution is 2.27. The zero-order chi connectivity index (χ0) is 17.9. The van der Waals surface area contributed by atoms with Crippen LogP contribution in [0.3, 0.4) is 0 Å². The van der Waals surface area contributed by atoms with Crippen molar-refractivity contribution in [3.8, 4) is 0 Å². The van der Waals surface area contributed by atoms with E-state index in [1.54, 1.807) is 0 Å². The average molecular weight is 372 g/mol. The lowest BCUT2D eigenvalue weighted by Crippen LogP contribution is -2.23. The maximum Gasteiger partial charge on any atom is 0.339 e. The molecule has 2 unspecified atom stereocenters. The number of ether oxygens (including phenoxy) is 1. The van der Waals surface area contributed by atoms with Crippen molar-refractivity contribution in [3.05, 3.63) is 40.9 Å². The van der Waals surface area contributed by atoms with Gasteiger partial charge in [-0.25, -0.2) is 17.5 Å². The molecule has 1 aliphatic rings. The molecule has 0 aromatic heterocycles. The molecule has 5 nitrogen and oxygen atoms in total. The Kier molecular flexibility index (Phi) is 6.06. The Labute approximate surface area is 148 Å². The molecule has 1 aromatic rings. The maximum atomic E-state index is 12.3. The predicted molar refractivity (Wildman–Crippen MR) is 93.6 cm³/mol. The zero-order valence-electron chi connectivity index (χ0n) is 14.0. The van der Waals surface area contributed by atoms with Crippen LogP contribution in [0.25, 0.3) is 0 Å². The lowest BCUT2D eigenvalue weighted by molar-refractivity contribution is 0.0395. The number of benzene rings is 1. The Morgan fingerprint density at radius 2 is 1.96 bits per heavy atom. The van der Waals surface area contributed by atoms with Crippen LogP contribution in [0.5, 0.6) is 0 Å². The number of esters is 1. The highest BCUT2D eigenvalue weighted by Gasteiger charge is 2.23. The van der Waals surface area contributed by atoms with Crippen LogP contribution in [0.1, 0.15) is 30.1 Å². The highest BCUT2D eigenvalue weighted by atomic mass is 35.5. The summed E-state index contributed by atoms with van der Waals surface area (Å²) in [6, 6.07) is 4.05. The van der Waals surface area contributed by atoms with Gasteiger partial charge in [0.05, 0.1) is 22.1 Å². The van der Waals surface area contributed by atoms with Gasteiger partial charge in [-0.3, -0.25) is 0 Å². The van der Waals surface area contributed by atoms with Crippen LogP contribution < -0.4 is 0 Å². The topological polar surface area (TPSA) is 63.7 Å². The first-order valence-corrected chi connectivity index (χ1v) is 9.59. The summed E-state index contributed by atoms with van der Waals surface area (Å²) in [5.41, 5.74) is 0.0681. The molecule has 0 saturated heterocycles. The molecule has 1 aromatic carbocycles. The number of hydrogen-bond donors (Lipinski definition) is 0. The standard InChI is InChI=1S/C17H22ClNO4S/c1-12-6-4-5-7-13(12)11-23-17(20)15-10-14(8-9-16(15)18)24(21,22)19(2)3/h4-5,8-10,12-13H,6-7,11H2,1-3H3. The number of nitrogens with zero attached hydrogens (tertiary/aromatic N) is 1. The second-order valence-electron chi connectivity index (χ2n) is 6.21. The first-order valence-electron chi connectivity index (χ1n) is 7.77. The number of hydrogen-bond acceptors (Lipinski definition) is 4. The summed E-state index contributed by atoms with van der Waals surface area (Å²) < 4.78 is 30.8. The summed E-state index contributed by atoms with van der Waals surface area (Å²) in [4.78, 5) is 12.3. The number of carbonyl (C=O) groups is 1. The normalized spacial score (nSPS) is 21.0. The van der Waals surface area contributed by atoms with E-state index in [9.17, 15) is 13.2 Å². The van der Waals surface area contributed by atoms with Crippen molar-refractivity contribution in [2.24, 2.45) is 11.8 Å². The Morgan fingerprint density at radius 1 is 1.29 bits per heavy atom. The quantitative estimate of drug-likeness (QED) is 0.588. The van der Waals surface area contributed by atoms with Crippen LogP contribution in [0.15, 0.2) is 35.2 Å². The summed E-state index contributed by atoms with van der Waals surface area (Å²) in [5, 5.41) is 0.175. The van der Waals surface area contributed by atoms with E-state index in [0.29, 0.717) is 12.5 Å². The lowest BCUT2D eigenvalue weighted by Gasteiger charge is -2.24. The van der Waals surface area contributed by atoms with Gasteiger partial charge in [0.25, 0.3) is 0 Å². The third-order valence-electron chi connectivity index (χ3n) is 4.28. The molecule has 7 heteroatoms. The van der Waals surface area contributed by atoms with Gasteiger partial charge in [0, 0.05) is 14.1 Å². The number of rotatable bonds is 5. The minimum absolute atomic E-state index is 0.0119. The number of sulfonamides is 1. The SMILES string of the molecule is CC1CC=CCC1COC(=O)c1cc(S(=O)(=O)N(C)C)ccc1Cl. The van der Waals surface area contributed by atoms with E-state index in [4.69, 9.17) is 16.3 Å². The van der Waals surface area contributed by atoms with E-state index in [2.05, 4.69) is 19.1 Å². The molecule has 0 amide bonds. The summed E-state index contributed by atoms with van der Waals surface area (Å²) in [5.74, 6) is 0.114. The summed E-state index contributed by atoms with van der Waals surface area (Å²) in [6.07, 6.45) is 6.07. The molecular formula is C17H22ClNO4S. The molecule has 0 saturated carbocycles. The first-order chi connectivity index (χ1) is 11.2. The number of halogens is 1. The Bertz CT molecular complexity index is 743. The van der Waals surface area contributed by atoms with Gasteiger partial charge >= 0.3 is 5.97 Å². The van der Waals surface area contributed by atoms with Gasteiger partial charge in [-0.15, -0.1) is 0 Å². The molecule has 2 atom stereocenters. The van der Waals surface area contributed by atoms with E-state index < -0.39 is 16.0 Å². The molecule has 1 aliphatic carbocycles. The smallest absolute Gasteiger partial charge is 0.339 e. The predicted octanol–water partition coefficient (Wildman–Crippen LogP) is 3.35. The fraction of sp³-hybridized carbons (Fsp3) is 0.471. The van der Waals surface area contributed by atoms with E-state index in [1.165, 1.54) is 32.3 Å². The lowest BCUT2D eigenvalue weighted by atomic mass is 9.85. The van der Waals surface area contributed by atoms with Crippen molar-refractivity contribution in [1.82, 2.24) is 4.31 Å². The molecule has 0 N–H and O–H groups in total. The maximum absolute atomic E-state index is 12.3. The fourth-order valence-electron chi connectivity index (χ4n) is 2.53. The number of carbonyl (C=O) groups excluding carboxylic acids is 1. The summed E-state index contributed by atoms with van der Waals surface area (Å²) in [7, 11) is -0.775. The van der Waals surface area contributed by atoms with Gasteiger partial charge < -0.3 is 4.74 Å². The largest absolute Gasteiger partial charge is 0.462 e. The van der Waals surface area contributed by atoms with Gasteiger partial charge in [-0.05, 0) is 42.9 Å². The molecule has 0 bridgehead atoms. The molecular weight excluding hydrogens is 350 g/mol. The van der Waals surface area contributed by atoms with E-state index >= 15 is 0 Å². The second-order valence-corrected chi connectivity index (χ2v) is 8.77. The summed E-state index contributed by atoms with van der Waals surface area (Å²) >= 11 is 6.05. The molecule has 0 radical (unpaired) electrons. The highest BCUT2D eigenvalue weighted by molar-refractivity contribution is 7.89. The summed E-state index contributed by atoms with van der Waals surface area (Å²) in [6.45, 7) is 2.42. The molecule has 0 aliphatic heterocycles. The van der Waals surface area contributed by atoms with Crippen LogP contribution >= 0.6 is 11.6 Å². The zero-order valence-corrected chi connectivity index (χ0v) is 15.6. The van der Waals surface area contributed by atoms with Gasteiger partial charge in [-0.2, -0.15) is 0 Å². The minimum atomic E-state index is -3.64. The van der Waals surface area contributed by atoms with Crippen LogP contribution in [0, 0.1) is 11.8 Å². The van der Waals surface area contributed by atoms with Crippen LogP contribution in [-0.4, -0.2) is 39.4 Å². The van der Waals surface area contributed by atoms with Crippen LogP contribution in [-0.2, 0) is 14.8 Å². The van der Waals surface area contributed by atoms with Crippen LogP contribution in [0.2, 0.25) is 5.02 Å². The van der Waals surface area contributed by atoms with Gasteiger partial charge in [0.2, 0.25) is 10.0 Å². The van der Waals surface area contributed by atoms with Crippen molar-refractivity contribution in [3.63, 3.8) is 0 Å². The van der Waals surface area contributed by atoms with Crippen molar-refractivity contribution >= 4 is 27.6 Å². The van der Waals surface area contributed by atoms with Gasteiger partial charge in [0.1, 0.15) is 0 Å². The van der Waals surface area contributed by atoms with Crippen molar-refractivity contribution < 1.29 is 17.9 Å². The van der Waals surface area contributed by atoms with Crippen molar-refractivity contribution in [2.45, 2.75) is 24.7 Å². The van der Waals surface area contributed by atoms with Gasteiger partial charge in [-0.1, -0.05) is 30.7 Å². The van der Waals surface area contributed by atoms with E-state index in [1.807, 2.05) is 0 Å². The number of allylic oxidation sites excluding steroid dienone is 2. The molecule has 0 heterocycles. The fourth-order valence-corrected chi connectivity index (χ4v) is 3.65. The van der Waals surface area contributed by atoms with Crippen molar-refractivity contribution in [1.29, 1.82) is 0 Å². The molecule has 24 heavy (non-hydrogen) atoms. The Morgan fingerprint density at radius 3 is 2.58 bits per heavy atom. The third kappa shape index (κ3) is 4.18. The third-order valence-corrected chi connectivity index (χ3v) is 6.42.